The van der Waals surface area contributed by atoms with Crippen molar-refractivity contribution >= 4 is 11.6 Å². The van der Waals surface area contributed by atoms with Crippen LogP contribution in [0, 0.1) is 5.92 Å². The maximum atomic E-state index is 5.70. The Morgan fingerprint density at radius 3 is 2.64 bits per heavy atom. The summed E-state index contributed by atoms with van der Waals surface area (Å²) in [4.78, 5) is 7.75. The molecular weight excluding hydrogens is 200 g/mol. The number of hydrogen-bond acceptors (Lipinski definition) is 3. The minimum Gasteiger partial charge on any atom is -0.475 e. The maximum Gasteiger partial charge on any atom is 0.218 e. The Bertz CT molecular complexity index is 291. The van der Waals surface area contributed by atoms with Crippen LogP contribution in [-0.4, -0.2) is 16.1 Å². The molecule has 0 saturated heterocycles. The third-order valence-electron chi connectivity index (χ3n) is 1.73. The van der Waals surface area contributed by atoms with Crippen LogP contribution in [-0.2, 0) is 0 Å². The first-order valence-corrected chi connectivity index (χ1v) is 5.10. The van der Waals surface area contributed by atoms with Crippen molar-refractivity contribution in [2.75, 3.05) is 0 Å². The van der Waals surface area contributed by atoms with Gasteiger partial charge in [-0.2, -0.15) is 0 Å². The molecule has 0 bridgehead atoms. The molecule has 0 aromatic carbocycles. The van der Waals surface area contributed by atoms with Crippen molar-refractivity contribution in [1.29, 1.82) is 0 Å². The highest BCUT2D eigenvalue weighted by molar-refractivity contribution is 6.29. The van der Waals surface area contributed by atoms with Gasteiger partial charge in [-0.1, -0.05) is 25.4 Å². The molecule has 0 N–H and O–H groups in total. The lowest BCUT2D eigenvalue weighted by atomic mass is 10.1. The predicted molar refractivity (Wildman–Crippen MR) is 56.6 cm³/mol. The number of rotatable bonds is 4. The summed E-state index contributed by atoms with van der Waals surface area (Å²) in [7, 11) is 0. The quantitative estimate of drug-likeness (QED) is 0.723. The minimum absolute atomic E-state index is 0.154. The smallest absolute Gasteiger partial charge is 0.218 e. The molecular formula is C10H15ClN2O. The second-order valence-electron chi connectivity index (χ2n) is 3.74. The minimum atomic E-state index is 0.154. The molecule has 0 amide bonds. The molecule has 3 nitrogen and oxygen atoms in total. The van der Waals surface area contributed by atoms with Gasteiger partial charge in [-0.25, -0.2) is 9.97 Å². The molecule has 14 heavy (non-hydrogen) atoms. The zero-order valence-electron chi connectivity index (χ0n) is 8.70. The van der Waals surface area contributed by atoms with Crippen LogP contribution in [0.3, 0.4) is 0 Å². The maximum absolute atomic E-state index is 5.70. The van der Waals surface area contributed by atoms with Gasteiger partial charge in [-0.05, 0) is 19.3 Å². The Morgan fingerprint density at radius 1 is 1.36 bits per heavy atom. The Labute approximate surface area is 89.5 Å². The first-order chi connectivity index (χ1) is 6.58. The molecule has 4 heteroatoms. The van der Waals surface area contributed by atoms with Gasteiger partial charge >= 0.3 is 0 Å². The summed E-state index contributed by atoms with van der Waals surface area (Å²) >= 11 is 5.70. The van der Waals surface area contributed by atoms with Crippen LogP contribution in [0.15, 0.2) is 12.4 Å². The van der Waals surface area contributed by atoms with E-state index in [1.54, 1.807) is 6.07 Å². The third kappa shape index (κ3) is 3.92. The summed E-state index contributed by atoms with van der Waals surface area (Å²) < 4.78 is 5.57. The molecule has 1 aromatic rings. The highest BCUT2D eigenvalue weighted by Crippen LogP contribution is 2.15. The van der Waals surface area contributed by atoms with Crippen LogP contribution in [0.1, 0.15) is 27.2 Å². The van der Waals surface area contributed by atoms with Crippen LogP contribution in [0.5, 0.6) is 5.88 Å². The molecule has 0 spiro atoms. The lowest BCUT2D eigenvalue weighted by molar-refractivity contribution is 0.185. The van der Waals surface area contributed by atoms with Crippen molar-refractivity contribution in [3.05, 3.63) is 17.5 Å². The number of ether oxygens (including phenoxy) is 1. The van der Waals surface area contributed by atoms with Gasteiger partial charge in [0.25, 0.3) is 0 Å². The van der Waals surface area contributed by atoms with E-state index in [2.05, 4.69) is 23.8 Å². The fraction of sp³-hybridized carbons (Fsp3) is 0.600. The molecule has 0 aliphatic carbocycles. The van der Waals surface area contributed by atoms with E-state index in [-0.39, 0.29) is 6.10 Å². The molecule has 0 fully saturated rings. The van der Waals surface area contributed by atoms with Crippen molar-refractivity contribution in [3.63, 3.8) is 0 Å². The van der Waals surface area contributed by atoms with Crippen molar-refractivity contribution < 1.29 is 4.74 Å². The highest BCUT2D eigenvalue weighted by Gasteiger charge is 2.07. The van der Waals surface area contributed by atoms with Gasteiger partial charge in [0.15, 0.2) is 0 Å². The zero-order valence-corrected chi connectivity index (χ0v) is 9.45. The molecule has 0 aliphatic rings. The highest BCUT2D eigenvalue weighted by atomic mass is 35.5. The zero-order chi connectivity index (χ0) is 10.6. The summed E-state index contributed by atoms with van der Waals surface area (Å²) in [5.74, 6) is 1.15. The van der Waals surface area contributed by atoms with Crippen molar-refractivity contribution in [3.8, 4) is 5.88 Å². The second-order valence-corrected chi connectivity index (χ2v) is 4.12. The van der Waals surface area contributed by atoms with E-state index in [4.69, 9.17) is 16.3 Å². The van der Waals surface area contributed by atoms with Crippen LogP contribution in [0.2, 0.25) is 5.15 Å². The van der Waals surface area contributed by atoms with Gasteiger partial charge in [0, 0.05) is 6.07 Å². The van der Waals surface area contributed by atoms with E-state index in [1.807, 2.05) is 6.92 Å². The normalized spacial score (nSPS) is 12.9. The van der Waals surface area contributed by atoms with E-state index in [9.17, 15) is 0 Å². The van der Waals surface area contributed by atoms with Crippen LogP contribution in [0.25, 0.3) is 0 Å². The van der Waals surface area contributed by atoms with E-state index >= 15 is 0 Å². The van der Waals surface area contributed by atoms with Crippen LogP contribution >= 0.6 is 11.6 Å². The van der Waals surface area contributed by atoms with Crippen LogP contribution < -0.4 is 4.74 Å². The molecule has 1 aromatic heterocycles. The fourth-order valence-corrected chi connectivity index (χ4v) is 1.44. The molecule has 78 valence electrons. The van der Waals surface area contributed by atoms with Gasteiger partial charge < -0.3 is 4.74 Å². The lowest BCUT2D eigenvalue weighted by Gasteiger charge is -2.15. The SMILES string of the molecule is CC(C)CC(C)Oc1cc(Cl)ncn1. The third-order valence-corrected chi connectivity index (χ3v) is 1.94. The standard InChI is InChI=1S/C10H15ClN2O/c1-7(2)4-8(3)14-10-5-9(11)12-6-13-10/h5-8H,4H2,1-3H3. The van der Waals surface area contributed by atoms with Crippen molar-refractivity contribution in [2.24, 2.45) is 5.92 Å². The number of aromatic nitrogens is 2. The fourth-order valence-electron chi connectivity index (χ4n) is 1.30. The van der Waals surface area contributed by atoms with E-state index in [0.29, 0.717) is 17.0 Å². The van der Waals surface area contributed by atoms with Gasteiger partial charge in [0.2, 0.25) is 5.88 Å². The monoisotopic (exact) mass is 214 g/mol. The Morgan fingerprint density at radius 2 is 2.07 bits per heavy atom. The Kier molecular flexibility index (Phi) is 4.14. The molecule has 0 saturated carbocycles. The predicted octanol–water partition coefficient (Wildman–Crippen LogP) is 2.94. The number of halogens is 1. The van der Waals surface area contributed by atoms with Crippen molar-refractivity contribution in [2.45, 2.75) is 33.3 Å². The topological polar surface area (TPSA) is 35.0 Å². The van der Waals surface area contributed by atoms with Gasteiger partial charge in [0.05, 0.1) is 6.10 Å². The van der Waals surface area contributed by atoms with E-state index < -0.39 is 0 Å². The van der Waals surface area contributed by atoms with Gasteiger partial charge in [-0.3, -0.25) is 0 Å². The first kappa shape index (κ1) is 11.2. The average Bonchev–Trinajstić information content (AvgIpc) is 2.01. The molecule has 1 heterocycles. The summed E-state index contributed by atoms with van der Waals surface area (Å²) in [6.07, 6.45) is 2.56. The average molecular weight is 215 g/mol. The summed E-state index contributed by atoms with van der Waals surface area (Å²) in [6.45, 7) is 6.34. The first-order valence-electron chi connectivity index (χ1n) is 4.72. The molecule has 1 unspecified atom stereocenters. The lowest BCUT2D eigenvalue weighted by Crippen LogP contribution is -2.15. The molecule has 1 atom stereocenters. The number of nitrogens with zero attached hydrogens (tertiary/aromatic N) is 2. The van der Waals surface area contributed by atoms with Gasteiger partial charge in [-0.15, -0.1) is 0 Å². The molecule has 1 rings (SSSR count). The Hall–Kier alpha value is -0.830. The summed E-state index contributed by atoms with van der Waals surface area (Å²) in [6, 6.07) is 1.62. The second kappa shape index (κ2) is 5.15. The van der Waals surface area contributed by atoms with Crippen LogP contribution in [0.4, 0.5) is 0 Å². The summed E-state index contributed by atoms with van der Waals surface area (Å²) in [5.41, 5.74) is 0. The largest absolute Gasteiger partial charge is 0.475 e. The van der Waals surface area contributed by atoms with Gasteiger partial charge in [0.1, 0.15) is 11.5 Å². The summed E-state index contributed by atoms with van der Waals surface area (Å²) in [5, 5.41) is 0.409. The van der Waals surface area contributed by atoms with Crippen molar-refractivity contribution in [1.82, 2.24) is 9.97 Å². The molecule has 0 radical (unpaired) electrons. The van der Waals surface area contributed by atoms with E-state index in [0.717, 1.165) is 6.42 Å². The number of hydrogen-bond donors (Lipinski definition) is 0. The van der Waals surface area contributed by atoms with E-state index in [1.165, 1.54) is 6.33 Å². The Balaban J connectivity index is 2.51. The molecule has 0 aliphatic heterocycles.